The number of hydrogen-bond donors (Lipinski definition) is 2. The van der Waals surface area contributed by atoms with E-state index in [1.807, 2.05) is 0 Å². The molecular weight excluding hydrogens is 306 g/mol. The number of sulfonamides is 1. The van der Waals surface area contributed by atoms with Gasteiger partial charge in [0.1, 0.15) is 5.75 Å². The number of ether oxygens (including phenoxy) is 1. The maximum Gasteiger partial charge on any atom is 0.306 e. The van der Waals surface area contributed by atoms with Crippen molar-refractivity contribution >= 4 is 16.0 Å². The van der Waals surface area contributed by atoms with Gasteiger partial charge >= 0.3 is 5.97 Å². The molecule has 118 valence electrons. The first-order chi connectivity index (χ1) is 10.5. The first kappa shape index (κ1) is 15.1. The lowest BCUT2D eigenvalue weighted by atomic mass is 9.92. The maximum absolute atomic E-state index is 12.4. The number of carboxylic acid groups (broad SMARTS) is 1. The Morgan fingerprint density at radius 1 is 1.36 bits per heavy atom. The van der Waals surface area contributed by atoms with Gasteiger partial charge in [0.15, 0.2) is 0 Å². The lowest BCUT2D eigenvalue weighted by Gasteiger charge is -2.22. The Hall–Kier alpha value is -1.86. The Balaban J connectivity index is 1.78. The normalized spacial score (nSPS) is 23.8. The molecule has 1 aromatic carbocycles. The van der Waals surface area contributed by atoms with Gasteiger partial charge in [0, 0.05) is 18.5 Å². The Bertz CT molecular complexity index is 725. The molecule has 2 atom stereocenters. The van der Waals surface area contributed by atoms with Gasteiger partial charge in [0.2, 0.25) is 10.0 Å². The second-order valence-electron chi connectivity index (χ2n) is 5.53. The third-order valence-corrected chi connectivity index (χ3v) is 5.45. The van der Waals surface area contributed by atoms with Crippen molar-refractivity contribution in [2.75, 3.05) is 6.61 Å². The van der Waals surface area contributed by atoms with Crippen LogP contribution in [0.5, 0.6) is 5.75 Å². The highest BCUT2D eigenvalue weighted by molar-refractivity contribution is 7.89. The number of fused-ring (bicyclic) bond motifs is 1. The Kier molecular flexibility index (Phi) is 3.92. The van der Waals surface area contributed by atoms with Crippen LogP contribution >= 0.6 is 0 Å². The van der Waals surface area contributed by atoms with Crippen molar-refractivity contribution in [3.05, 3.63) is 35.9 Å². The first-order valence-corrected chi connectivity index (χ1v) is 8.61. The molecule has 1 heterocycles. The zero-order valence-corrected chi connectivity index (χ0v) is 12.7. The Morgan fingerprint density at radius 2 is 2.18 bits per heavy atom. The molecule has 0 fully saturated rings. The van der Waals surface area contributed by atoms with Crippen LogP contribution in [-0.2, 0) is 21.2 Å². The molecule has 7 heteroatoms. The highest BCUT2D eigenvalue weighted by atomic mass is 32.2. The molecule has 0 radical (unpaired) electrons. The van der Waals surface area contributed by atoms with Crippen LogP contribution in [0, 0.1) is 5.92 Å². The molecule has 0 unspecified atom stereocenters. The number of aliphatic carboxylic acids is 1. The molecule has 1 aromatic rings. The summed E-state index contributed by atoms with van der Waals surface area (Å²) in [5.41, 5.74) is 1.00. The summed E-state index contributed by atoms with van der Waals surface area (Å²) >= 11 is 0. The van der Waals surface area contributed by atoms with Crippen LogP contribution in [0.3, 0.4) is 0 Å². The zero-order chi connectivity index (χ0) is 15.7. The summed E-state index contributed by atoms with van der Waals surface area (Å²) < 4.78 is 32.8. The van der Waals surface area contributed by atoms with Crippen molar-refractivity contribution in [1.82, 2.24) is 4.72 Å². The largest absolute Gasteiger partial charge is 0.493 e. The van der Waals surface area contributed by atoms with Crippen molar-refractivity contribution in [2.24, 2.45) is 5.92 Å². The predicted molar refractivity (Wildman–Crippen MR) is 79.3 cm³/mol. The SMILES string of the molecule is O=C(O)[C@@H]1CC=C[C@@H](NS(=O)(=O)c2ccc3c(c2)OCC3)C1. The minimum absolute atomic E-state index is 0.138. The monoisotopic (exact) mass is 323 g/mol. The smallest absolute Gasteiger partial charge is 0.306 e. The Morgan fingerprint density at radius 3 is 2.95 bits per heavy atom. The van der Waals surface area contributed by atoms with Gasteiger partial charge in [-0.15, -0.1) is 0 Å². The average Bonchev–Trinajstić information content (AvgIpc) is 2.94. The predicted octanol–water partition coefficient (Wildman–Crippen LogP) is 1.32. The summed E-state index contributed by atoms with van der Waals surface area (Å²) in [5, 5.41) is 9.05. The van der Waals surface area contributed by atoms with Crippen molar-refractivity contribution in [2.45, 2.75) is 30.2 Å². The quantitative estimate of drug-likeness (QED) is 0.815. The van der Waals surface area contributed by atoms with Gasteiger partial charge in [0.25, 0.3) is 0 Å². The summed E-state index contributed by atoms with van der Waals surface area (Å²) in [4.78, 5) is 11.2. The summed E-state index contributed by atoms with van der Waals surface area (Å²) in [7, 11) is -3.70. The van der Waals surface area contributed by atoms with E-state index in [1.165, 1.54) is 6.07 Å². The highest BCUT2D eigenvalue weighted by Gasteiger charge is 2.27. The highest BCUT2D eigenvalue weighted by Crippen LogP contribution is 2.28. The number of carbonyl (C=O) groups is 1. The van der Waals surface area contributed by atoms with Crippen LogP contribution in [-0.4, -0.2) is 32.1 Å². The van der Waals surface area contributed by atoms with Crippen LogP contribution in [0.2, 0.25) is 0 Å². The van der Waals surface area contributed by atoms with E-state index in [0.717, 1.165) is 12.0 Å². The molecular formula is C15H17NO5S. The van der Waals surface area contributed by atoms with E-state index in [0.29, 0.717) is 18.8 Å². The van der Waals surface area contributed by atoms with Gasteiger partial charge in [-0.1, -0.05) is 18.2 Å². The van der Waals surface area contributed by atoms with Crippen LogP contribution in [0.25, 0.3) is 0 Å². The van der Waals surface area contributed by atoms with E-state index in [4.69, 9.17) is 9.84 Å². The lowest BCUT2D eigenvalue weighted by molar-refractivity contribution is -0.142. The second kappa shape index (κ2) is 5.73. The summed E-state index contributed by atoms with van der Waals surface area (Å²) in [5.74, 6) is -0.856. The molecule has 2 aliphatic rings. The van der Waals surface area contributed by atoms with E-state index in [2.05, 4.69) is 4.72 Å². The molecule has 0 spiro atoms. The van der Waals surface area contributed by atoms with E-state index in [-0.39, 0.29) is 11.3 Å². The van der Waals surface area contributed by atoms with Crippen molar-refractivity contribution < 1.29 is 23.1 Å². The number of nitrogens with one attached hydrogen (secondary N) is 1. The summed E-state index contributed by atoms with van der Waals surface area (Å²) in [6.45, 7) is 0.567. The fraction of sp³-hybridized carbons (Fsp3) is 0.400. The van der Waals surface area contributed by atoms with E-state index >= 15 is 0 Å². The number of rotatable bonds is 4. The number of benzene rings is 1. The van der Waals surface area contributed by atoms with E-state index in [9.17, 15) is 13.2 Å². The maximum atomic E-state index is 12.4. The fourth-order valence-electron chi connectivity index (χ4n) is 2.76. The molecule has 2 N–H and O–H groups in total. The van der Waals surface area contributed by atoms with Gasteiger partial charge in [-0.25, -0.2) is 13.1 Å². The number of carboxylic acids is 1. The average molecular weight is 323 g/mol. The van der Waals surface area contributed by atoms with Crippen LogP contribution < -0.4 is 9.46 Å². The number of allylic oxidation sites excluding steroid dienone is 1. The lowest BCUT2D eigenvalue weighted by Crippen LogP contribution is -2.37. The van der Waals surface area contributed by atoms with Crippen LogP contribution in [0.15, 0.2) is 35.2 Å². The summed E-state index contributed by atoms with van der Waals surface area (Å²) in [6, 6.07) is 4.32. The van der Waals surface area contributed by atoms with Crippen LogP contribution in [0.1, 0.15) is 18.4 Å². The van der Waals surface area contributed by atoms with E-state index < -0.39 is 28.0 Å². The molecule has 0 amide bonds. The molecule has 0 bridgehead atoms. The topological polar surface area (TPSA) is 92.7 Å². The van der Waals surface area contributed by atoms with Gasteiger partial charge in [-0.2, -0.15) is 0 Å². The minimum Gasteiger partial charge on any atom is -0.493 e. The molecule has 6 nitrogen and oxygen atoms in total. The van der Waals surface area contributed by atoms with Crippen molar-refractivity contribution in [1.29, 1.82) is 0 Å². The van der Waals surface area contributed by atoms with E-state index in [1.54, 1.807) is 24.3 Å². The Labute approximate surface area is 128 Å². The van der Waals surface area contributed by atoms with Gasteiger partial charge in [-0.3, -0.25) is 4.79 Å². The molecule has 1 aliphatic carbocycles. The van der Waals surface area contributed by atoms with Gasteiger partial charge in [-0.05, 0) is 24.5 Å². The molecule has 22 heavy (non-hydrogen) atoms. The standard InChI is InChI=1S/C15H17NO5S/c17-15(18)11-2-1-3-12(8-11)16-22(19,20)13-5-4-10-6-7-21-14(10)9-13/h1,3-5,9,11-12,16H,2,6-8H2,(H,17,18)/t11-,12-/m1/s1. The number of hydrogen-bond acceptors (Lipinski definition) is 4. The van der Waals surface area contributed by atoms with Gasteiger partial charge < -0.3 is 9.84 Å². The van der Waals surface area contributed by atoms with Gasteiger partial charge in [0.05, 0.1) is 17.4 Å². The second-order valence-corrected chi connectivity index (χ2v) is 7.24. The zero-order valence-electron chi connectivity index (χ0n) is 11.9. The molecule has 0 saturated heterocycles. The third kappa shape index (κ3) is 3.00. The first-order valence-electron chi connectivity index (χ1n) is 7.13. The summed E-state index contributed by atoms with van der Waals surface area (Å²) in [6.07, 6.45) is 4.89. The molecule has 0 saturated carbocycles. The minimum atomic E-state index is -3.70. The molecule has 1 aliphatic heterocycles. The molecule has 3 rings (SSSR count). The van der Waals surface area contributed by atoms with Crippen molar-refractivity contribution in [3.63, 3.8) is 0 Å². The van der Waals surface area contributed by atoms with Crippen molar-refractivity contribution in [3.8, 4) is 5.75 Å². The molecule has 0 aromatic heterocycles. The fourth-order valence-corrected chi connectivity index (χ4v) is 3.98. The van der Waals surface area contributed by atoms with Crippen LogP contribution in [0.4, 0.5) is 0 Å². The third-order valence-electron chi connectivity index (χ3n) is 3.96.